The van der Waals surface area contributed by atoms with Gasteiger partial charge in [0.25, 0.3) is 6.02 Å². The van der Waals surface area contributed by atoms with Crippen LogP contribution in [-0.4, -0.2) is 48.4 Å². The fourth-order valence-corrected chi connectivity index (χ4v) is 3.29. The normalized spacial score (nSPS) is 25.2. The minimum atomic E-state index is -1.32. The molecule has 0 saturated carbocycles. The van der Waals surface area contributed by atoms with Crippen molar-refractivity contribution in [3.8, 4) is 0 Å². The molecule has 1 aromatic carbocycles. The second-order valence-electron chi connectivity index (χ2n) is 6.92. The Morgan fingerprint density at radius 1 is 1.32 bits per heavy atom. The van der Waals surface area contributed by atoms with Crippen LogP contribution in [0, 0.1) is 11.2 Å². The van der Waals surface area contributed by atoms with Gasteiger partial charge in [0, 0.05) is 11.6 Å². The van der Waals surface area contributed by atoms with Crippen molar-refractivity contribution < 1.29 is 9.13 Å². The molecule has 0 radical (unpaired) electrons. The molecule has 1 atom stereocenters. The van der Waals surface area contributed by atoms with Gasteiger partial charge in [-0.15, -0.1) is 0 Å². The van der Waals surface area contributed by atoms with E-state index in [9.17, 15) is 4.39 Å². The van der Waals surface area contributed by atoms with Crippen LogP contribution in [0.2, 0.25) is 0 Å². The summed E-state index contributed by atoms with van der Waals surface area (Å²) < 4.78 is 19.2. The smallest absolute Gasteiger partial charge is 0.290 e. The van der Waals surface area contributed by atoms with Gasteiger partial charge in [0.1, 0.15) is 5.82 Å². The Bertz CT molecular complexity index is 654. The molecular weight excluding hydrogens is 321 g/mol. The zero-order chi connectivity index (χ0) is 18.0. The topological polar surface area (TPSA) is 86.7 Å². The fourth-order valence-electron chi connectivity index (χ4n) is 3.29. The lowest BCUT2D eigenvalue weighted by atomic mass is 9.92. The highest BCUT2D eigenvalue weighted by atomic mass is 19.1. The molecule has 0 aliphatic carbocycles. The lowest BCUT2D eigenvalue weighted by Crippen LogP contribution is -2.59. The first kappa shape index (κ1) is 17.8. The monoisotopic (exact) mass is 347 g/mol. The molecule has 3 rings (SSSR count). The largest absolute Gasteiger partial charge is 0.462 e. The second kappa shape index (κ2) is 7.09. The van der Waals surface area contributed by atoms with E-state index in [1.807, 2.05) is 13.8 Å². The Morgan fingerprint density at radius 3 is 2.56 bits per heavy atom. The van der Waals surface area contributed by atoms with Gasteiger partial charge < -0.3 is 20.4 Å². The number of hydrogen-bond donors (Lipinski definition) is 3. The molecule has 7 heteroatoms. The maximum atomic E-state index is 13.3. The molecule has 1 aromatic rings. The number of aliphatic imine (C=N–C) groups is 1. The van der Waals surface area contributed by atoms with Crippen LogP contribution in [0.5, 0.6) is 0 Å². The fraction of sp³-hybridized carbons (Fsp3) is 0.556. The summed E-state index contributed by atoms with van der Waals surface area (Å²) in [5, 5.41) is 11.9. The van der Waals surface area contributed by atoms with E-state index in [1.54, 1.807) is 12.1 Å². The summed E-state index contributed by atoms with van der Waals surface area (Å²) in [6.07, 6.45) is 1.90. The minimum absolute atomic E-state index is 0.0484. The van der Waals surface area contributed by atoms with Crippen molar-refractivity contribution in [3.63, 3.8) is 0 Å². The zero-order valence-corrected chi connectivity index (χ0v) is 14.8. The summed E-state index contributed by atoms with van der Waals surface area (Å²) in [5.41, 5.74) is 6.04. The Morgan fingerprint density at radius 2 is 1.96 bits per heavy atom. The van der Waals surface area contributed by atoms with Crippen LogP contribution in [0.3, 0.4) is 0 Å². The molecule has 0 bridgehead atoms. The summed E-state index contributed by atoms with van der Waals surface area (Å²) in [6.45, 7) is 6.13. The third-order valence-corrected chi connectivity index (χ3v) is 4.68. The van der Waals surface area contributed by atoms with Crippen molar-refractivity contribution >= 4 is 11.7 Å². The predicted octanol–water partition coefficient (Wildman–Crippen LogP) is 1.81. The van der Waals surface area contributed by atoms with Gasteiger partial charge in [-0.3, -0.25) is 5.73 Å². The molecule has 1 fully saturated rings. The summed E-state index contributed by atoms with van der Waals surface area (Å²) in [4.78, 5) is 6.68. The van der Waals surface area contributed by atoms with Gasteiger partial charge in [-0.1, -0.05) is 12.1 Å². The molecule has 136 valence electrons. The van der Waals surface area contributed by atoms with E-state index in [2.05, 4.69) is 15.2 Å². The average molecular weight is 347 g/mol. The van der Waals surface area contributed by atoms with E-state index in [4.69, 9.17) is 15.9 Å². The van der Waals surface area contributed by atoms with Gasteiger partial charge in [0.2, 0.25) is 0 Å². The number of halogens is 1. The Hall–Kier alpha value is -1.99. The number of amidine groups is 1. The van der Waals surface area contributed by atoms with Crippen LogP contribution in [-0.2, 0) is 10.4 Å². The van der Waals surface area contributed by atoms with Gasteiger partial charge >= 0.3 is 0 Å². The van der Waals surface area contributed by atoms with Gasteiger partial charge in [-0.25, -0.2) is 9.38 Å². The summed E-state index contributed by atoms with van der Waals surface area (Å²) in [5.74, 6) is -0.339. The number of nitrogens with two attached hydrogens (primary N) is 1. The molecule has 6 nitrogen and oxygen atoms in total. The molecule has 2 aliphatic heterocycles. The molecule has 1 unspecified atom stereocenters. The molecular formula is C18H26FN5O. The Balaban J connectivity index is 1.97. The quantitative estimate of drug-likeness (QED) is 0.778. The van der Waals surface area contributed by atoms with E-state index in [-0.39, 0.29) is 23.7 Å². The van der Waals surface area contributed by atoms with Crippen molar-refractivity contribution in [2.24, 2.45) is 10.7 Å². The summed E-state index contributed by atoms with van der Waals surface area (Å²) >= 11 is 0. The standard InChI is InChI=1S/C18H26FN5O/c1-12(2)25-17-23-18(21,13-3-5-14(19)6-4-13)16(20)11-24(17)15-7-9-22-10-8-15/h3-6,12,15,20,22H,7-11,21H2,1-2H3. The number of benzene rings is 1. The third kappa shape index (κ3) is 3.67. The van der Waals surface area contributed by atoms with Crippen LogP contribution in [0.15, 0.2) is 29.3 Å². The van der Waals surface area contributed by atoms with E-state index >= 15 is 0 Å². The lowest BCUT2D eigenvalue weighted by Gasteiger charge is -2.43. The molecule has 25 heavy (non-hydrogen) atoms. The molecule has 0 aromatic heterocycles. The van der Waals surface area contributed by atoms with E-state index in [0.717, 1.165) is 25.9 Å². The van der Waals surface area contributed by atoms with Crippen LogP contribution in [0.25, 0.3) is 0 Å². The van der Waals surface area contributed by atoms with E-state index < -0.39 is 5.66 Å². The van der Waals surface area contributed by atoms with Crippen LogP contribution >= 0.6 is 0 Å². The van der Waals surface area contributed by atoms with Crippen molar-refractivity contribution in [3.05, 3.63) is 35.6 Å². The number of ether oxygens (including phenoxy) is 1. The van der Waals surface area contributed by atoms with Crippen molar-refractivity contribution in [2.75, 3.05) is 19.6 Å². The first-order chi connectivity index (χ1) is 11.9. The van der Waals surface area contributed by atoms with Gasteiger partial charge in [-0.2, -0.15) is 0 Å². The Labute approximate surface area is 147 Å². The number of nitrogens with zero attached hydrogens (tertiary/aromatic N) is 2. The Kier molecular flexibility index (Phi) is 5.06. The average Bonchev–Trinajstić information content (AvgIpc) is 2.59. The van der Waals surface area contributed by atoms with E-state index in [0.29, 0.717) is 18.1 Å². The SMILES string of the molecule is CC(C)OC1=NC(N)(c2ccc(F)cc2)C(=N)CN1C1CCNCC1. The molecule has 0 spiro atoms. The van der Waals surface area contributed by atoms with E-state index in [1.165, 1.54) is 12.1 Å². The first-order valence-electron chi connectivity index (χ1n) is 8.77. The van der Waals surface area contributed by atoms with Gasteiger partial charge in [-0.05, 0) is 51.9 Å². The highest BCUT2D eigenvalue weighted by Crippen LogP contribution is 2.29. The first-order valence-corrected chi connectivity index (χ1v) is 8.77. The third-order valence-electron chi connectivity index (χ3n) is 4.68. The maximum absolute atomic E-state index is 13.3. The van der Waals surface area contributed by atoms with Gasteiger partial charge in [0.15, 0.2) is 5.66 Å². The number of rotatable bonds is 3. The molecule has 2 aliphatic rings. The maximum Gasteiger partial charge on any atom is 0.290 e. The summed E-state index contributed by atoms with van der Waals surface area (Å²) in [7, 11) is 0. The minimum Gasteiger partial charge on any atom is -0.462 e. The predicted molar refractivity (Wildman–Crippen MR) is 96.2 cm³/mol. The number of hydrogen-bond acceptors (Lipinski definition) is 6. The molecule has 0 amide bonds. The molecule has 2 heterocycles. The van der Waals surface area contributed by atoms with Gasteiger partial charge in [0.05, 0.1) is 18.4 Å². The summed E-state index contributed by atoms with van der Waals surface area (Å²) in [6, 6.07) is 6.60. The van der Waals surface area contributed by atoms with Crippen LogP contribution in [0.1, 0.15) is 32.3 Å². The highest BCUT2D eigenvalue weighted by molar-refractivity contribution is 5.99. The zero-order valence-electron chi connectivity index (χ0n) is 14.8. The van der Waals surface area contributed by atoms with Crippen LogP contribution in [0.4, 0.5) is 4.39 Å². The number of piperidine rings is 1. The molecule has 4 N–H and O–H groups in total. The highest BCUT2D eigenvalue weighted by Gasteiger charge is 2.41. The van der Waals surface area contributed by atoms with Crippen molar-refractivity contribution in [2.45, 2.75) is 44.5 Å². The second-order valence-corrected chi connectivity index (χ2v) is 6.92. The van der Waals surface area contributed by atoms with Crippen LogP contribution < -0.4 is 11.1 Å². The van der Waals surface area contributed by atoms with Crippen molar-refractivity contribution in [1.82, 2.24) is 10.2 Å². The number of nitrogens with one attached hydrogen (secondary N) is 2. The lowest BCUT2D eigenvalue weighted by molar-refractivity contribution is 0.143. The molecule has 1 saturated heterocycles. The van der Waals surface area contributed by atoms with Crippen molar-refractivity contribution in [1.29, 1.82) is 5.41 Å².